The van der Waals surface area contributed by atoms with Gasteiger partial charge in [0.25, 0.3) is 0 Å². The van der Waals surface area contributed by atoms with Crippen molar-refractivity contribution in [3.05, 3.63) is 119 Å². The zero-order chi connectivity index (χ0) is 26.2. The van der Waals surface area contributed by atoms with Gasteiger partial charge in [0, 0.05) is 52.2 Å². The predicted molar refractivity (Wildman–Crippen MR) is 126 cm³/mol. The van der Waals surface area contributed by atoms with E-state index >= 15 is 0 Å². The van der Waals surface area contributed by atoms with Gasteiger partial charge in [0.05, 0.1) is 17.8 Å². The van der Waals surface area contributed by atoms with Gasteiger partial charge in [-0.05, 0) is 30.3 Å². The maximum atomic E-state index is 14.5. The Balaban J connectivity index is 1.69. The van der Waals surface area contributed by atoms with Crippen LogP contribution >= 0.6 is 0 Å². The van der Waals surface area contributed by atoms with E-state index in [1.54, 1.807) is 48.8 Å². The zero-order valence-electron chi connectivity index (χ0n) is 18.8. The molecule has 5 aromatic rings. The summed E-state index contributed by atoms with van der Waals surface area (Å²) in [4.78, 5) is 4.00. The van der Waals surface area contributed by atoms with Crippen molar-refractivity contribution in [3.8, 4) is 23.1 Å². The van der Waals surface area contributed by atoms with E-state index in [0.29, 0.717) is 28.8 Å². The lowest BCUT2D eigenvalue weighted by molar-refractivity contribution is -0.136. The summed E-state index contributed by atoms with van der Waals surface area (Å²) in [7, 11) is 0. The van der Waals surface area contributed by atoms with E-state index in [2.05, 4.69) is 21.9 Å². The number of fused-ring (bicyclic) bond motifs is 1. The molecule has 0 spiro atoms. The maximum Gasteiger partial charge on any atom is 0.418 e. The third-order valence-corrected chi connectivity index (χ3v) is 5.64. The minimum absolute atomic E-state index is 0.134. The first-order valence-corrected chi connectivity index (χ1v) is 10.9. The molecular weight excluding hydrogens is 492 g/mol. The highest BCUT2D eigenvalue weighted by Gasteiger charge is 2.34. The van der Waals surface area contributed by atoms with Crippen LogP contribution < -0.4 is 0 Å². The van der Waals surface area contributed by atoms with Crippen LogP contribution in [0.4, 0.5) is 26.3 Å². The van der Waals surface area contributed by atoms with Crippen molar-refractivity contribution < 1.29 is 26.3 Å². The average Bonchev–Trinajstić information content (AvgIpc) is 3.23. The molecular formula is C28H15F6N3. The van der Waals surface area contributed by atoms with Gasteiger partial charge in [-0.2, -0.15) is 18.3 Å². The number of nitrogens with zero attached hydrogens (tertiary/aromatic N) is 3. The van der Waals surface area contributed by atoms with Crippen LogP contribution in [0.15, 0.2) is 79.1 Å². The summed E-state index contributed by atoms with van der Waals surface area (Å²) in [5.41, 5.74) is -0.0419. The van der Waals surface area contributed by atoms with Crippen molar-refractivity contribution in [2.45, 2.75) is 12.7 Å². The Morgan fingerprint density at radius 2 is 1.51 bits per heavy atom. The number of halogens is 6. The lowest BCUT2D eigenvalue weighted by Crippen LogP contribution is -2.09. The summed E-state index contributed by atoms with van der Waals surface area (Å²) in [5.74, 6) is 2.49. The van der Waals surface area contributed by atoms with Gasteiger partial charge in [-0.3, -0.25) is 9.67 Å². The molecule has 0 aliphatic heterocycles. The number of rotatable bonds is 3. The SMILES string of the molecule is Fc1cc(F)c(Cn2nc3c(C(F)(F)F)cccc3c2-c2cccc(C#Cc3cccnc3)c2)c(F)c1. The fraction of sp³-hybridized carbons (Fsp3) is 0.0714. The first-order chi connectivity index (χ1) is 17.7. The van der Waals surface area contributed by atoms with Crippen molar-refractivity contribution in [2.75, 3.05) is 0 Å². The molecule has 37 heavy (non-hydrogen) atoms. The Kier molecular flexibility index (Phi) is 6.17. The van der Waals surface area contributed by atoms with Crippen LogP contribution in [0.2, 0.25) is 0 Å². The van der Waals surface area contributed by atoms with Crippen LogP contribution in [0.25, 0.3) is 22.2 Å². The molecule has 0 aliphatic rings. The van der Waals surface area contributed by atoms with Crippen LogP contribution in [0.5, 0.6) is 0 Å². The molecule has 2 heterocycles. The molecule has 5 rings (SSSR count). The van der Waals surface area contributed by atoms with E-state index in [1.165, 1.54) is 12.1 Å². The van der Waals surface area contributed by atoms with Crippen molar-refractivity contribution in [2.24, 2.45) is 0 Å². The van der Waals surface area contributed by atoms with Crippen LogP contribution in [-0.2, 0) is 12.7 Å². The van der Waals surface area contributed by atoms with E-state index in [4.69, 9.17) is 0 Å². The number of pyridine rings is 1. The van der Waals surface area contributed by atoms with E-state index in [1.807, 2.05) is 0 Å². The van der Waals surface area contributed by atoms with Gasteiger partial charge >= 0.3 is 6.18 Å². The highest BCUT2D eigenvalue weighted by Crippen LogP contribution is 2.38. The third kappa shape index (κ3) is 4.91. The van der Waals surface area contributed by atoms with E-state index in [0.717, 1.165) is 10.7 Å². The molecule has 9 heteroatoms. The fourth-order valence-electron chi connectivity index (χ4n) is 4.00. The summed E-state index contributed by atoms with van der Waals surface area (Å²) < 4.78 is 84.7. The largest absolute Gasteiger partial charge is 0.418 e. The molecule has 0 amide bonds. The van der Waals surface area contributed by atoms with Gasteiger partial charge in [0.2, 0.25) is 0 Å². The molecule has 0 N–H and O–H groups in total. The number of hydrogen-bond donors (Lipinski definition) is 0. The van der Waals surface area contributed by atoms with Crippen LogP contribution in [0, 0.1) is 29.3 Å². The smallest absolute Gasteiger partial charge is 0.263 e. The minimum Gasteiger partial charge on any atom is -0.263 e. The molecule has 2 aromatic heterocycles. The van der Waals surface area contributed by atoms with Crippen LogP contribution in [-0.4, -0.2) is 14.8 Å². The van der Waals surface area contributed by atoms with Gasteiger partial charge in [-0.25, -0.2) is 13.2 Å². The topological polar surface area (TPSA) is 30.7 Å². The molecule has 0 fully saturated rings. The van der Waals surface area contributed by atoms with Crippen molar-refractivity contribution in [1.82, 2.24) is 14.8 Å². The zero-order valence-corrected chi connectivity index (χ0v) is 18.8. The fourth-order valence-corrected chi connectivity index (χ4v) is 4.00. The number of alkyl halides is 3. The lowest BCUT2D eigenvalue weighted by atomic mass is 10.0. The Bertz CT molecular complexity index is 1650. The molecule has 3 nitrogen and oxygen atoms in total. The quantitative estimate of drug-likeness (QED) is 0.195. The predicted octanol–water partition coefficient (Wildman–Crippen LogP) is 6.98. The van der Waals surface area contributed by atoms with Crippen LogP contribution in [0.1, 0.15) is 22.3 Å². The number of aromatic nitrogens is 3. The van der Waals surface area contributed by atoms with Crippen molar-refractivity contribution in [1.29, 1.82) is 0 Å². The molecule has 0 saturated heterocycles. The first-order valence-electron chi connectivity index (χ1n) is 10.9. The average molecular weight is 507 g/mol. The van der Waals surface area contributed by atoms with Gasteiger partial charge in [0.15, 0.2) is 0 Å². The standard InChI is InChI=1S/C28H15F6N3/c29-20-13-24(30)22(25(31)14-20)16-37-27(21-7-2-8-23(26(21)36-37)28(32,33)34)19-6-1-4-17(12-19)9-10-18-5-3-11-35-15-18/h1-8,11-15H,16H2. The number of benzene rings is 3. The lowest BCUT2D eigenvalue weighted by Gasteiger charge is -2.11. The molecule has 0 unspecified atom stereocenters. The molecule has 0 atom stereocenters. The summed E-state index contributed by atoms with van der Waals surface area (Å²) >= 11 is 0. The van der Waals surface area contributed by atoms with Crippen LogP contribution in [0.3, 0.4) is 0 Å². The monoisotopic (exact) mass is 507 g/mol. The molecule has 0 saturated carbocycles. The van der Waals surface area contributed by atoms with Gasteiger partial charge in [-0.15, -0.1) is 0 Å². The second kappa shape index (κ2) is 9.47. The third-order valence-electron chi connectivity index (χ3n) is 5.64. The maximum absolute atomic E-state index is 14.5. The van der Waals surface area contributed by atoms with Crippen molar-refractivity contribution >= 4 is 10.9 Å². The summed E-state index contributed by atoms with van der Waals surface area (Å²) in [6.07, 6.45) is -1.51. The van der Waals surface area contributed by atoms with Gasteiger partial charge in [0.1, 0.15) is 23.0 Å². The Hall–Kier alpha value is -4.58. The van der Waals surface area contributed by atoms with Gasteiger partial charge in [-0.1, -0.05) is 36.1 Å². The molecule has 184 valence electrons. The highest BCUT2D eigenvalue weighted by molar-refractivity contribution is 5.95. The minimum atomic E-state index is -4.71. The Labute approximate surface area is 207 Å². The van der Waals surface area contributed by atoms with Crippen molar-refractivity contribution in [3.63, 3.8) is 0 Å². The second-order valence-electron chi connectivity index (χ2n) is 8.13. The molecule has 0 aliphatic carbocycles. The second-order valence-corrected chi connectivity index (χ2v) is 8.13. The number of hydrogen-bond acceptors (Lipinski definition) is 2. The van der Waals surface area contributed by atoms with E-state index < -0.39 is 41.3 Å². The summed E-state index contributed by atoms with van der Waals surface area (Å²) in [6.45, 7) is -0.565. The normalized spacial score (nSPS) is 11.4. The Morgan fingerprint density at radius 3 is 2.22 bits per heavy atom. The Morgan fingerprint density at radius 1 is 0.811 bits per heavy atom. The highest BCUT2D eigenvalue weighted by atomic mass is 19.4. The molecule has 0 bridgehead atoms. The summed E-state index contributed by atoms with van der Waals surface area (Å²) in [6, 6.07) is 14.8. The van der Waals surface area contributed by atoms with E-state index in [-0.39, 0.29) is 16.6 Å². The van der Waals surface area contributed by atoms with E-state index in [9.17, 15) is 26.3 Å². The summed E-state index contributed by atoms with van der Waals surface area (Å²) in [5, 5.41) is 4.24. The molecule has 0 radical (unpaired) electrons. The molecule has 3 aromatic carbocycles. The van der Waals surface area contributed by atoms with Gasteiger partial charge < -0.3 is 0 Å². The first kappa shape index (κ1) is 24.1.